The average molecular weight is 286 g/mol. The van der Waals surface area contributed by atoms with Crippen LogP contribution in [0.3, 0.4) is 0 Å². The first kappa shape index (κ1) is 14.6. The summed E-state index contributed by atoms with van der Waals surface area (Å²) in [7, 11) is 0. The normalized spacial score (nSPS) is 24.5. The lowest BCUT2D eigenvalue weighted by Gasteiger charge is -2.42. The molecule has 1 aromatic rings. The van der Waals surface area contributed by atoms with Crippen molar-refractivity contribution < 1.29 is 4.79 Å². The first-order valence-corrected chi connectivity index (χ1v) is 8.14. The van der Waals surface area contributed by atoms with E-state index in [1.54, 1.807) is 0 Å². The summed E-state index contributed by atoms with van der Waals surface area (Å²) in [5, 5.41) is 3.47. The zero-order valence-corrected chi connectivity index (χ0v) is 13.4. The van der Waals surface area contributed by atoms with Crippen molar-refractivity contribution in [2.45, 2.75) is 52.5 Å². The molecule has 0 spiro atoms. The van der Waals surface area contributed by atoms with E-state index in [0.717, 1.165) is 44.5 Å². The largest absolute Gasteiger partial charge is 0.310 e. The lowest BCUT2D eigenvalue weighted by atomic mass is 9.76. The van der Waals surface area contributed by atoms with Crippen molar-refractivity contribution in [3.05, 3.63) is 29.3 Å². The minimum Gasteiger partial charge on any atom is -0.310 e. The number of para-hydroxylation sites is 1. The molecule has 1 atom stereocenters. The van der Waals surface area contributed by atoms with Gasteiger partial charge in [0, 0.05) is 12.2 Å². The standard InChI is InChI=1S/C18H26N2O/c1-13-7-4-8-14-9-5-12-20(15(13)14)17(21)16-18(2,3)10-6-11-19-16/h4,7-8,16,19H,5-6,9-12H2,1-3H3. The first-order valence-electron chi connectivity index (χ1n) is 8.14. The fourth-order valence-corrected chi connectivity index (χ4v) is 3.86. The molecule has 2 aliphatic rings. The van der Waals surface area contributed by atoms with Crippen LogP contribution in [0, 0.1) is 12.3 Å². The number of carbonyl (C=O) groups is 1. The van der Waals surface area contributed by atoms with Gasteiger partial charge in [0.15, 0.2) is 0 Å². The Morgan fingerprint density at radius 3 is 2.90 bits per heavy atom. The van der Waals surface area contributed by atoms with Crippen LogP contribution >= 0.6 is 0 Å². The summed E-state index contributed by atoms with van der Waals surface area (Å²) in [6, 6.07) is 6.33. The first-order chi connectivity index (χ1) is 10.0. The maximum absolute atomic E-state index is 13.1. The van der Waals surface area contributed by atoms with Crippen LogP contribution in [0.15, 0.2) is 18.2 Å². The van der Waals surface area contributed by atoms with Gasteiger partial charge in [-0.05, 0) is 55.7 Å². The van der Waals surface area contributed by atoms with E-state index in [-0.39, 0.29) is 17.4 Å². The number of carbonyl (C=O) groups excluding carboxylic acids is 1. The number of piperidine rings is 1. The third-order valence-corrected chi connectivity index (χ3v) is 5.06. The smallest absolute Gasteiger partial charge is 0.244 e. The molecule has 3 heteroatoms. The van der Waals surface area contributed by atoms with Crippen molar-refractivity contribution in [3.63, 3.8) is 0 Å². The Morgan fingerprint density at radius 2 is 2.14 bits per heavy atom. The maximum atomic E-state index is 13.1. The molecule has 3 rings (SSSR count). The summed E-state index contributed by atoms with van der Waals surface area (Å²) < 4.78 is 0. The van der Waals surface area contributed by atoms with E-state index in [1.165, 1.54) is 11.1 Å². The number of benzene rings is 1. The van der Waals surface area contributed by atoms with Crippen LogP contribution < -0.4 is 10.2 Å². The number of fused-ring (bicyclic) bond motifs is 1. The topological polar surface area (TPSA) is 32.3 Å². The van der Waals surface area contributed by atoms with Gasteiger partial charge in [0.2, 0.25) is 5.91 Å². The van der Waals surface area contributed by atoms with Crippen LogP contribution in [-0.2, 0) is 11.2 Å². The molecule has 1 aromatic carbocycles. The molecule has 0 bridgehead atoms. The molecular weight excluding hydrogens is 260 g/mol. The number of hydrogen-bond acceptors (Lipinski definition) is 2. The fourth-order valence-electron chi connectivity index (χ4n) is 3.86. The second-order valence-electron chi connectivity index (χ2n) is 7.16. The van der Waals surface area contributed by atoms with E-state index in [2.05, 4.69) is 44.3 Å². The second-order valence-corrected chi connectivity index (χ2v) is 7.16. The Bertz CT molecular complexity index is 550. The van der Waals surface area contributed by atoms with Gasteiger partial charge in [-0.1, -0.05) is 32.0 Å². The molecule has 0 saturated carbocycles. The zero-order valence-electron chi connectivity index (χ0n) is 13.4. The molecule has 2 heterocycles. The van der Waals surface area contributed by atoms with Crippen molar-refractivity contribution in [2.75, 3.05) is 18.0 Å². The number of amides is 1. The maximum Gasteiger partial charge on any atom is 0.244 e. The summed E-state index contributed by atoms with van der Waals surface area (Å²) >= 11 is 0. The average Bonchev–Trinajstić information content (AvgIpc) is 2.46. The van der Waals surface area contributed by atoms with Gasteiger partial charge in [-0.15, -0.1) is 0 Å². The van der Waals surface area contributed by atoms with Crippen LogP contribution in [0.5, 0.6) is 0 Å². The SMILES string of the molecule is Cc1cccc2c1N(C(=O)C1NCCCC1(C)C)CCC2. The number of nitrogens with one attached hydrogen (secondary N) is 1. The summed E-state index contributed by atoms with van der Waals surface area (Å²) in [4.78, 5) is 15.2. The molecule has 1 fully saturated rings. The number of aryl methyl sites for hydroxylation is 2. The van der Waals surface area contributed by atoms with Crippen molar-refractivity contribution in [1.29, 1.82) is 0 Å². The number of anilines is 1. The van der Waals surface area contributed by atoms with Gasteiger partial charge in [0.25, 0.3) is 0 Å². The van der Waals surface area contributed by atoms with Crippen molar-refractivity contribution in [1.82, 2.24) is 5.32 Å². The Morgan fingerprint density at radius 1 is 1.33 bits per heavy atom. The second kappa shape index (κ2) is 5.45. The van der Waals surface area contributed by atoms with Crippen molar-refractivity contribution in [2.24, 2.45) is 5.41 Å². The predicted molar refractivity (Wildman–Crippen MR) is 86.7 cm³/mol. The Balaban J connectivity index is 1.93. The number of nitrogens with zero attached hydrogens (tertiary/aromatic N) is 1. The van der Waals surface area contributed by atoms with Gasteiger partial charge in [-0.25, -0.2) is 0 Å². The van der Waals surface area contributed by atoms with Crippen molar-refractivity contribution in [3.8, 4) is 0 Å². The Kier molecular flexibility index (Phi) is 3.78. The molecule has 114 valence electrons. The Labute approximate surface area is 127 Å². The predicted octanol–water partition coefficient (Wildman–Crippen LogP) is 3.05. The van der Waals surface area contributed by atoms with Gasteiger partial charge in [-0.3, -0.25) is 4.79 Å². The molecule has 1 saturated heterocycles. The third kappa shape index (κ3) is 2.59. The summed E-state index contributed by atoms with van der Waals surface area (Å²) in [6.45, 7) is 8.35. The highest BCUT2D eigenvalue weighted by atomic mass is 16.2. The highest BCUT2D eigenvalue weighted by molar-refractivity contribution is 5.99. The van der Waals surface area contributed by atoms with Gasteiger partial charge in [0.05, 0.1) is 6.04 Å². The molecule has 0 radical (unpaired) electrons. The van der Waals surface area contributed by atoms with Crippen LogP contribution in [0.4, 0.5) is 5.69 Å². The Hall–Kier alpha value is -1.35. The molecule has 3 nitrogen and oxygen atoms in total. The third-order valence-electron chi connectivity index (χ3n) is 5.06. The van der Waals surface area contributed by atoms with E-state index in [0.29, 0.717) is 0 Å². The summed E-state index contributed by atoms with van der Waals surface area (Å²) in [5.41, 5.74) is 3.74. The molecule has 21 heavy (non-hydrogen) atoms. The monoisotopic (exact) mass is 286 g/mol. The molecule has 1 amide bonds. The minimum atomic E-state index is -0.0585. The lowest BCUT2D eigenvalue weighted by molar-refractivity contribution is -0.124. The van der Waals surface area contributed by atoms with Crippen LogP contribution in [0.1, 0.15) is 44.2 Å². The van der Waals surface area contributed by atoms with Gasteiger partial charge in [0.1, 0.15) is 0 Å². The van der Waals surface area contributed by atoms with E-state index in [4.69, 9.17) is 0 Å². The molecule has 2 aliphatic heterocycles. The lowest BCUT2D eigenvalue weighted by Crippen LogP contribution is -2.57. The summed E-state index contributed by atoms with van der Waals surface area (Å²) in [6.07, 6.45) is 4.43. The number of rotatable bonds is 1. The molecular formula is C18H26N2O. The molecule has 0 aromatic heterocycles. The molecule has 1 unspecified atom stereocenters. The summed E-state index contributed by atoms with van der Waals surface area (Å²) in [5.74, 6) is 0.259. The van der Waals surface area contributed by atoms with E-state index < -0.39 is 0 Å². The highest BCUT2D eigenvalue weighted by Crippen LogP contribution is 2.35. The highest BCUT2D eigenvalue weighted by Gasteiger charge is 2.40. The fraction of sp³-hybridized carbons (Fsp3) is 0.611. The van der Waals surface area contributed by atoms with E-state index in [1.807, 2.05) is 4.90 Å². The number of hydrogen-bond donors (Lipinski definition) is 1. The van der Waals surface area contributed by atoms with Crippen LogP contribution in [0.25, 0.3) is 0 Å². The van der Waals surface area contributed by atoms with Crippen LogP contribution in [-0.4, -0.2) is 25.0 Å². The zero-order chi connectivity index (χ0) is 15.0. The molecule has 0 aliphatic carbocycles. The van der Waals surface area contributed by atoms with E-state index in [9.17, 15) is 4.79 Å². The molecule has 1 N–H and O–H groups in total. The minimum absolute atomic E-state index is 0.0373. The van der Waals surface area contributed by atoms with Gasteiger partial charge in [-0.2, -0.15) is 0 Å². The van der Waals surface area contributed by atoms with Gasteiger partial charge >= 0.3 is 0 Å². The van der Waals surface area contributed by atoms with Crippen molar-refractivity contribution >= 4 is 11.6 Å². The van der Waals surface area contributed by atoms with E-state index >= 15 is 0 Å². The van der Waals surface area contributed by atoms with Gasteiger partial charge < -0.3 is 10.2 Å². The van der Waals surface area contributed by atoms with Crippen LogP contribution in [0.2, 0.25) is 0 Å². The quantitative estimate of drug-likeness (QED) is 0.860.